The largest absolute Gasteiger partial charge is 0.333 e. The number of para-hydroxylation sites is 1. The van der Waals surface area contributed by atoms with Gasteiger partial charge in [0.05, 0.1) is 17.7 Å². The third-order valence-electron chi connectivity index (χ3n) is 4.46. The molecule has 0 atom stereocenters. The molecule has 2 heterocycles. The zero-order valence-electron chi connectivity index (χ0n) is 12.0. The van der Waals surface area contributed by atoms with Crippen LogP contribution in [0.1, 0.15) is 0 Å². The lowest BCUT2D eigenvalue weighted by atomic mass is 10.0. The van der Waals surface area contributed by atoms with Crippen LogP contribution in [0.15, 0.2) is 71.7 Å². The van der Waals surface area contributed by atoms with E-state index in [4.69, 9.17) is 0 Å². The number of fused-ring (bicyclic) bond motifs is 3. The molecular formula is C20H14N2. The Morgan fingerprint density at radius 2 is 1.68 bits per heavy atom. The number of nitrogens with zero attached hydrogens (tertiary/aromatic N) is 2. The van der Waals surface area contributed by atoms with E-state index in [9.17, 15) is 0 Å². The zero-order valence-corrected chi connectivity index (χ0v) is 12.0. The van der Waals surface area contributed by atoms with E-state index in [1.165, 1.54) is 32.9 Å². The summed E-state index contributed by atoms with van der Waals surface area (Å²) in [6.45, 7) is 0.849. The van der Waals surface area contributed by atoms with Gasteiger partial charge in [0.2, 0.25) is 0 Å². The summed E-state index contributed by atoms with van der Waals surface area (Å²) >= 11 is 0. The van der Waals surface area contributed by atoms with Gasteiger partial charge in [-0.05, 0) is 29.3 Å². The van der Waals surface area contributed by atoms with Crippen molar-refractivity contribution in [3.8, 4) is 11.1 Å². The second-order valence-corrected chi connectivity index (χ2v) is 5.69. The van der Waals surface area contributed by atoms with Crippen molar-refractivity contribution in [3.63, 3.8) is 0 Å². The third kappa shape index (κ3) is 1.52. The summed E-state index contributed by atoms with van der Waals surface area (Å²) in [5.74, 6) is 0. The molecule has 5 rings (SSSR count). The van der Waals surface area contributed by atoms with E-state index in [0.717, 1.165) is 12.2 Å². The van der Waals surface area contributed by atoms with Gasteiger partial charge in [-0.1, -0.05) is 48.5 Å². The molecule has 0 N–H and O–H groups in total. The predicted octanol–water partition coefficient (Wildman–Crippen LogP) is 5.18. The van der Waals surface area contributed by atoms with E-state index in [2.05, 4.69) is 76.3 Å². The normalized spacial score (nSPS) is 13.1. The average molecular weight is 282 g/mol. The molecule has 2 heteroatoms. The van der Waals surface area contributed by atoms with Gasteiger partial charge in [-0.25, -0.2) is 0 Å². The number of hydrogen-bond donors (Lipinski definition) is 0. The molecule has 1 aromatic heterocycles. The van der Waals surface area contributed by atoms with E-state index in [0.29, 0.717) is 0 Å². The van der Waals surface area contributed by atoms with E-state index < -0.39 is 0 Å². The lowest BCUT2D eigenvalue weighted by molar-refractivity contribution is 0.938. The summed E-state index contributed by atoms with van der Waals surface area (Å²) < 4.78 is 2.36. The summed E-state index contributed by atoms with van der Waals surface area (Å²) in [7, 11) is 0. The fourth-order valence-corrected chi connectivity index (χ4v) is 3.46. The third-order valence-corrected chi connectivity index (χ3v) is 4.46. The topological polar surface area (TPSA) is 17.3 Å². The summed E-state index contributed by atoms with van der Waals surface area (Å²) in [4.78, 5) is 4.54. The maximum Gasteiger partial charge on any atom is 0.0869 e. The molecule has 0 unspecified atom stereocenters. The Morgan fingerprint density at radius 1 is 0.773 bits per heavy atom. The van der Waals surface area contributed by atoms with E-state index in [1.54, 1.807) is 0 Å². The standard InChI is InChI=1S/C20H14N2/c1-2-5-14(6-3-1)15-9-10-19-17(13-15)16-7-4-8-18-20(16)22(19)12-11-21-18/h1-11,13H,12H2. The van der Waals surface area contributed by atoms with Crippen molar-refractivity contribution in [3.05, 3.63) is 66.7 Å². The molecule has 1 aliphatic rings. The van der Waals surface area contributed by atoms with Gasteiger partial charge in [0.15, 0.2) is 0 Å². The molecule has 0 spiro atoms. The van der Waals surface area contributed by atoms with Gasteiger partial charge >= 0.3 is 0 Å². The molecule has 0 radical (unpaired) electrons. The van der Waals surface area contributed by atoms with Gasteiger partial charge in [-0.2, -0.15) is 0 Å². The lowest BCUT2D eigenvalue weighted by Crippen LogP contribution is -2.01. The molecule has 1 aliphatic heterocycles. The van der Waals surface area contributed by atoms with Crippen molar-refractivity contribution in [1.29, 1.82) is 0 Å². The van der Waals surface area contributed by atoms with Crippen LogP contribution in [-0.2, 0) is 6.54 Å². The molecule has 0 amide bonds. The van der Waals surface area contributed by atoms with Crippen molar-refractivity contribution in [2.75, 3.05) is 0 Å². The summed E-state index contributed by atoms with van der Waals surface area (Å²) in [5.41, 5.74) is 6.13. The molecule has 0 fully saturated rings. The number of rotatable bonds is 1. The van der Waals surface area contributed by atoms with Crippen LogP contribution < -0.4 is 0 Å². The Labute approximate surface area is 128 Å². The van der Waals surface area contributed by atoms with Gasteiger partial charge in [0.1, 0.15) is 0 Å². The number of aliphatic imine (C=N–C) groups is 1. The highest BCUT2D eigenvalue weighted by atomic mass is 15.0. The highest BCUT2D eigenvalue weighted by Crippen LogP contribution is 2.38. The molecule has 0 bridgehead atoms. The molecule has 104 valence electrons. The quantitative estimate of drug-likeness (QED) is 0.458. The van der Waals surface area contributed by atoms with Crippen molar-refractivity contribution >= 4 is 33.7 Å². The molecule has 0 saturated heterocycles. The number of aromatic nitrogens is 1. The molecule has 4 aromatic rings. The minimum atomic E-state index is 0.849. The molecule has 2 nitrogen and oxygen atoms in total. The number of benzene rings is 3. The molecule has 0 saturated carbocycles. The second kappa shape index (κ2) is 4.31. The van der Waals surface area contributed by atoms with Crippen molar-refractivity contribution < 1.29 is 0 Å². The first-order chi connectivity index (χ1) is 10.9. The average Bonchev–Trinajstić information content (AvgIpc) is 2.92. The summed E-state index contributed by atoms with van der Waals surface area (Å²) in [5, 5.41) is 2.60. The summed E-state index contributed by atoms with van der Waals surface area (Å²) in [6.07, 6.45) is 1.99. The van der Waals surface area contributed by atoms with Gasteiger partial charge < -0.3 is 4.57 Å². The van der Waals surface area contributed by atoms with E-state index in [1.807, 2.05) is 6.21 Å². The Hall–Kier alpha value is -2.87. The zero-order chi connectivity index (χ0) is 14.5. The van der Waals surface area contributed by atoms with Crippen LogP contribution >= 0.6 is 0 Å². The molecule has 0 aliphatic carbocycles. The Kier molecular flexibility index (Phi) is 2.30. The highest BCUT2D eigenvalue weighted by molar-refractivity contribution is 6.13. The maximum absolute atomic E-state index is 4.54. The number of hydrogen-bond acceptors (Lipinski definition) is 1. The molecular weight excluding hydrogens is 268 g/mol. The SMILES string of the molecule is C1=Nc2cccc3c4cc(-c5ccccc5)ccc4n(c23)C1. The van der Waals surface area contributed by atoms with Crippen LogP contribution in [0.25, 0.3) is 32.9 Å². The first-order valence-electron chi connectivity index (χ1n) is 7.55. The predicted molar refractivity (Wildman–Crippen MR) is 93.0 cm³/mol. The minimum Gasteiger partial charge on any atom is -0.333 e. The van der Waals surface area contributed by atoms with Gasteiger partial charge in [-0.3, -0.25) is 4.99 Å². The van der Waals surface area contributed by atoms with Crippen molar-refractivity contribution in [2.24, 2.45) is 4.99 Å². The van der Waals surface area contributed by atoms with Crippen LogP contribution in [0.2, 0.25) is 0 Å². The van der Waals surface area contributed by atoms with Crippen molar-refractivity contribution in [1.82, 2.24) is 4.57 Å². The van der Waals surface area contributed by atoms with E-state index >= 15 is 0 Å². The fourth-order valence-electron chi connectivity index (χ4n) is 3.46. The van der Waals surface area contributed by atoms with Crippen LogP contribution in [-0.4, -0.2) is 10.8 Å². The van der Waals surface area contributed by atoms with Crippen LogP contribution in [0.3, 0.4) is 0 Å². The van der Waals surface area contributed by atoms with Gasteiger partial charge in [0, 0.05) is 22.5 Å². The first kappa shape index (κ1) is 11.8. The fraction of sp³-hybridized carbons (Fsp3) is 0.0500. The minimum absolute atomic E-state index is 0.849. The monoisotopic (exact) mass is 282 g/mol. The van der Waals surface area contributed by atoms with E-state index in [-0.39, 0.29) is 0 Å². The highest BCUT2D eigenvalue weighted by Gasteiger charge is 2.15. The van der Waals surface area contributed by atoms with Gasteiger partial charge in [-0.15, -0.1) is 0 Å². The van der Waals surface area contributed by atoms with Gasteiger partial charge in [0.25, 0.3) is 0 Å². The van der Waals surface area contributed by atoms with Crippen molar-refractivity contribution in [2.45, 2.75) is 6.54 Å². The molecule has 3 aromatic carbocycles. The van der Waals surface area contributed by atoms with Crippen LogP contribution in [0, 0.1) is 0 Å². The lowest BCUT2D eigenvalue weighted by Gasteiger charge is -2.10. The smallest absolute Gasteiger partial charge is 0.0869 e. The Bertz CT molecular complexity index is 1040. The molecule has 22 heavy (non-hydrogen) atoms. The second-order valence-electron chi connectivity index (χ2n) is 5.69. The Balaban J connectivity index is 1.88. The summed E-state index contributed by atoms with van der Waals surface area (Å²) in [6, 6.07) is 23.7. The van der Waals surface area contributed by atoms with Crippen LogP contribution in [0.4, 0.5) is 5.69 Å². The maximum atomic E-state index is 4.54. The first-order valence-corrected chi connectivity index (χ1v) is 7.55. The Morgan fingerprint density at radius 3 is 2.59 bits per heavy atom. The van der Waals surface area contributed by atoms with Crippen LogP contribution in [0.5, 0.6) is 0 Å².